The van der Waals surface area contributed by atoms with Crippen LogP contribution >= 0.6 is 0 Å². The highest BCUT2D eigenvalue weighted by molar-refractivity contribution is 5.98. The van der Waals surface area contributed by atoms with E-state index in [9.17, 15) is 14.4 Å². The highest BCUT2D eigenvalue weighted by atomic mass is 16.5. The lowest BCUT2D eigenvalue weighted by molar-refractivity contribution is -0.144. The fourth-order valence-corrected chi connectivity index (χ4v) is 3.89. The van der Waals surface area contributed by atoms with E-state index in [0.29, 0.717) is 37.1 Å². The van der Waals surface area contributed by atoms with Crippen molar-refractivity contribution in [1.82, 2.24) is 4.98 Å². The van der Waals surface area contributed by atoms with Crippen molar-refractivity contribution in [3.8, 4) is 11.5 Å². The third-order valence-corrected chi connectivity index (χ3v) is 5.47. The van der Waals surface area contributed by atoms with E-state index < -0.39 is 0 Å². The number of rotatable bonds is 7. The van der Waals surface area contributed by atoms with Gasteiger partial charge in [0.25, 0.3) is 5.91 Å². The summed E-state index contributed by atoms with van der Waals surface area (Å²) in [6.07, 6.45) is 0.439. The molecule has 168 valence electrons. The van der Waals surface area contributed by atoms with Crippen LogP contribution in [0.15, 0.2) is 36.4 Å². The highest BCUT2D eigenvalue weighted by Crippen LogP contribution is 2.35. The first-order valence-corrected chi connectivity index (χ1v) is 10.5. The van der Waals surface area contributed by atoms with Crippen molar-refractivity contribution < 1.29 is 28.6 Å². The average Bonchev–Trinajstić information content (AvgIpc) is 3.15. The molecule has 1 aromatic carbocycles. The molecule has 2 aromatic rings. The van der Waals surface area contributed by atoms with Gasteiger partial charge in [0.15, 0.2) is 18.2 Å². The van der Waals surface area contributed by atoms with Gasteiger partial charge in [0, 0.05) is 13.0 Å². The Bertz CT molecular complexity index is 1020. The molecule has 0 spiro atoms. The molecule has 9 nitrogen and oxygen atoms in total. The van der Waals surface area contributed by atoms with Gasteiger partial charge in [0.2, 0.25) is 5.91 Å². The van der Waals surface area contributed by atoms with Gasteiger partial charge in [-0.1, -0.05) is 12.1 Å². The number of nitrogens with zero attached hydrogens (tertiary/aromatic N) is 3. The van der Waals surface area contributed by atoms with Crippen molar-refractivity contribution in [1.29, 1.82) is 0 Å². The molecule has 32 heavy (non-hydrogen) atoms. The maximum Gasteiger partial charge on any atom is 0.306 e. The number of pyridine rings is 1. The molecule has 1 fully saturated rings. The summed E-state index contributed by atoms with van der Waals surface area (Å²) in [5, 5.41) is 0. The van der Waals surface area contributed by atoms with Gasteiger partial charge < -0.3 is 14.2 Å². The first-order chi connectivity index (χ1) is 15.5. The summed E-state index contributed by atoms with van der Waals surface area (Å²) in [7, 11) is 1.60. The summed E-state index contributed by atoms with van der Waals surface area (Å²) >= 11 is 0. The number of benzene rings is 1. The van der Waals surface area contributed by atoms with Crippen LogP contribution in [0.5, 0.6) is 11.5 Å². The van der Waals surface area contributed by atoms with Crippen molar-refractivity contribution >= 4 is 29.4 Å². The molecule has 0 N–H and O–H groups in total. The molecule has 1 aromatic heterocycles. The van der Waals surface area contributed by atoms with Crippen molar-refractivity contribution in [3.05, 3.63) is 42.0 Å². The number of fused-ring (bicyclic) bond motifs is 1. The molecular formula is C23H25N3O6. The van der Waals surface area contributed by atoms with E-state index in [4.69, 9.17) is 14.2 Å². The molecule has 1 saturated heterocycles. The van der Waals surface area contributed by atoms with E-state index in [1.807, 2.05) is 24.3 Å². The van der Waals surface area contributed by atoms with Crippen LogP contribution in [0.25, 0.3) is 0 Å². The zero-order valence-corrected chi connectivity index (χ0v) is 18.1. The molecule has 9 heteroatoms. The molecule has 0 bridgehead atoms. The fourth-order valence-electron chi connectivity index (χ4n) is 3.89. The molecule has 0 radical (unpaired) electrons. The molecule has 0 saturated carbocycles. The number of amides is 2. The normalized spacial score (nSPS) is 17.8. The van der Waals surface area contributed by atoms with Crippen molar-refractivity contribution in [3.63, 3.8) is 0 Å². The summed E-state index contributed by atoms with van der Waals surface area (Å²) in [6.45, 7) is 2.68. The number of esters is 1. The van der Waals surface area contributed by atoms with Gasteiger partial charge in [-0.3, -0.25) is 24.2 Å². The Morgan fingerprint density at radius 3 is 2.66 bits per heavy atom. The largest absolute Gasteiger partial charge is 0.497 e. The smallest absolute Gasteiger partial charge is 0.306 e. The zero-order valence-electron chi connectivity index (χ0n) is 18.1. The van der Waals surface area contributed by atoms with Crippen molar-refractivity contribution in [2.75, 3.05) is 36.7 Å². The number of methoxy groups -OCH3 is 1. The van der Waals surface area contributed by atoms with E-state index in [2.05, 4.69) is 4.98 Å². The molecule has 3 heterocycles. The summed E-state index contributed by atoms with van der Waals surface area (Å²) in [5.74, 6) is 1.24. The van der Waals surface area contributed by atoms with Crippen LogP contribution < -0.4 is 19.3 Å². The summed E-state index contributed by atoms with van der Waals surface area (Å²) in [4.78, 5) is 44.7. The number of hydrogen-bond donors (Lipinski definition) is 0. The van der Waals surface area contributed by atoms with Crippen LogP contribution in [0.1, 0.15) is 25.3 Å². The van der Waals surface area contributed by atoms with E-state index in [0.717, 1.165) is 11.3 Å². The Morgan fingerprint density at radius 2 is 1.94 bits per heavy atom. The predicted octanol–water partition coefficient (Wildman–Crippen LogP) is 2.32. The Hall–Kier alpha value is -3.62. The lowest BCUT2D eigenvalue weighted by atomic mass is 10.1. The summed E-state index contributed by atoms with van der Waals surface area (Å²) < 4.78 is 15.7. The molecule has 2 aliphatic heterocycles. The van der Waals surface area contributed by atoms with E-state index in [-0.39, 0.29) is 43.2 Å². The third-order valence-electron chi connectivity index (χ3n) is 5.47. The third kappa shape index (κ3) is 4.51. The van der Waals surface area contributed by atoms with Crippen molar-refractivity contribution in [2.24, 2.45) is 5.92 Å². The second kappa shape index (κ2) is 9.25. The van der Waals surface area contributed by atoms with Gasteiger partial charge in [-0.25, -0.2) is 4.98 Å². The quantitative estimate of drug-likeness (QED) is 0.611. The zero-order chi connectivity index (χ0) is 22.7. The monoisotopic (exact) mass is 439 g/mol. The minimum absolute atomic E-state index is 0.0750. The number of carbonyl (C=O) groups is 3. The molecule has 1 atom stereocenters. The molecule has 2 amide bonds. The van der Waals surface area contributed by atoms with Gasteiger partial charge in [0.05, 0.1) is 26.7 Å². The predicted molar refractivity (Wildman–Crippen MR) is 116 cm³/mol. The van der Waals surface area contributed by atoms with E-state index in [1.54, 1.807) is 36.0 Å². The highest BCUT2D eigenvalue weighted by Gasteiger charge is 2.35. The minimum atomic E-state index is -0.310. The van der Waals surface area contributed by atoms with Crippen molar-refractivity contribution in [2.45, 2.75) is 26.3 Å². The average molecular weight is 439 g/mol. The molecule has 0 aliphatic carbocycles. The van der Waals surface area contributed by atoms with Crippen LogP contribution in [-0.2, 0) is 25.7 Å². The van der Waals surface area contributed by atoms with E-state index >= 15 is 0 Å². The second-order valence-corrected chi connectivity index (χ2v) is 7.69. The van der Waals surface area contributed by atoms with Crippen LogP contribution in [0.2, 0.25) is 0 Å². The minimum Gasteiger partial charge on any atom is -0.497 e. The second-order valence-electron chi connectivity index (χ2n) is 7.69. The maximum atomic E-state index is 12.6. The first-order valence-electron chi connectivity index (χ1n) is 10.5. The molecular weight excluding hydrogens is 414 g/mol. The molecule has 2 aliphatic rings. The summed E-state index contributed by atoms with van der Waals surface area (Å²) in [5.41, 5.74) is 0.908. The van der Waals surface area contributed by atoms with Crippen LogP contribution in [0.3, 0.4) is 0 Å². The number of aromatic nitrogens is 1. The number of carbonyl (C=O) groups excluding carboxylic acids is 3. The van der Waals surface area contributed by atoms with E-state index in [1.165, 1.54) is 0 Å². The van der Waals surface area contributed by atoms with Gasteiger partial charge in [-0.05, 0) is 42.7 Å². The molecule has 1 unspecified atom stereocenters. The topological polar surface area (TPSA) is 98.3 Å². The summed E-state index contributed by atoms with van der Waals surface area (Å²) in [6, 6.07) is 10.8. The maximum absolute atomic E-state index is 12.6. The fraction of sp³-hybridized carbons (Fsp3) is 0.391. The standard InChI is InChI=1S/C23H25N3O6/c1-3-31-22(29)11-16-10-20(27)25(13-16)19-9-8-18-23(24-19)26(21(28)14-32-18)12-15-4-6-17(30-2)7-5-15/h4-9,16H,3,10-14H2,1-2H3. The number of hydrogen-bond acceptors (Lipinski definition) is 7. The van der Waals surface area contributed by atoms with Crippen LogP contribution in [0, 0.1) is 5.92 Å². The number of ether oxygens (including phenoxy) is 3. The van der Waals surface area contributed by atoms with Crippen LogP contribution in [0.4, 0.5) is 11.6 Å². The Labute approximate surface area is 185 Å². The Kier molecular flexibility index (Phi) is 6.25. The Morgan fingerprint density at radius 1 is 1.16 bits per heavy atom. The lowest BCUT2D eigenvalue weighted by Crippen LogP contribution is -2.39. The molecule has 4 rings (SSSR count). The number of anilines is 2. The van der Waals surface area contributed by atoms with Gasteiger partial charge in [-0.15, -0.1) is 0 Å². The lowest BCUT2D eigenvalue weighted by Gasteiger charge is -2.29. The van der Waals surface area contributed by atoms with Crippen LogP contribution in [-0.4, -0.2) is 49.6 Å². The van der Waals surface area contributed by atoms with Gasteiger partial charge in [0.1, 0.15) is 11.6 Å². The SMILES string of the molecule is CCOC(=O)CC1CC(=O)N(c2ccc3c(n2)N(Cc2ccc(OC)cc2)C(=O)CO3)C1. The first kappa shape index (κ1) is 21.6. The Balaban J connectivity index is 1.55. The van der Waals surface area contributed by atoms with Gasteiger partial charge in [-0.2, -0.15) is 0 Å². The van der Waals surface area contributed by atoms with Gasteiger partial charge >= 0.3 is 5.97 Å².